The Hall–Kier alpha value is -0.930. The second-order valence-corrected chi connectivity index (χ2v) is 4.95. The minimum Gasteiger partial charge on any atom is -0.381 e. The van der Waals surface area contributed by atoms with Crippen molar-refractivity contribution in [3.8, 4) is 0 Å². The summed E-state index contributed by atoms with van der Waals surface area (Å²) in [5, 5.41) is 0. The number of nitrogens with two attached hydrogens (primary N) is 1. The third kappa shape index (κ3) is 2.67. The summed E-state index contributed by atoms with van der Waals surface area (Å²) in [6.45, 7) is 5.32. The predicted molar refractivity (Wildman–Crippen MR) is 66.3 cm³/mol. The van der Waals surface area contributed by atoms with Gasteiger partial charge in [0.15, 0.2) is 0 Å². The maximum absolute atomic E-state index is 14.0. The highest BCUT2D eigenvalue weighted by Crippen LogP contribution is 2.31. The molecule has 2 N–H and O–H groups in total. The van der Waals surface area contributed by atoms with Crippen molar-refractivity contribution in [2.45, 2.75) is 32.7 Å². The smallest absolute Gasteiger partial charge is 0.128 e. The number of benzene rings is 1. The molecule has 1 aromatic rings. The van der Waals surface area contributed by atoms with Gasteiger partial charge < -0.3 is 10.5 Å². The summed E-state index contributed by atoms with van der Waals surface area (Å²) in [5.41, 5.74) is 8.82. The molecule has 0 amide bonds. The van der Waals surface area contributed by atoms with Gasteiger partial charge >= 0.3 is 0 Å². The minimum absolute atomic E-state index is 0.165. The standard InChI is InChI=1S/C14H20FNO/c1-9-7-10(2)13(12(15)8-9)14(16)11-3-5-17-6-4-11/h7-8,11,14H,3-6,16H2,1-2H3. The van der Waals surface area contributed by atoms with Gasteiger partial charge in [-0.05, 0) is 49.8 Å². The van der Waals surface area contributed by atoms with Gasteiger partial charge in [-0.15, -0.1) is 0 Å². The highest BCUT2D eigenvalue weighted by atomic mass is 19.1. The molecule has 2 rings (SSSR count). The van der Waals surface area contributed by atoms with Crippen LogP contribution in [0.3, 0.4) is 0 Å². The van der Waals surface area contributed by atoms with Crippen LogP contribution in [0.25, 0.3) is 0 Å². The molecule has 1 atom stereocenters. The van der Waals surface area contributed by atoms with Crippen LogP contribution in [0.4, 0.5) is 4.39 Å². The molecule has 1 aliphatic rings. The zero-order chi connectivity index (χ0) is 12.4. The fourth-order valence-corrected chi connectivity index (χ4v) is 2.66. The zero-order valence-corrected chi connectivity index (χ0v) is 10.5. The molecule has 1 unspecified atom stereocenters. The van der Waals surface area contributed by atoms with E-state index < -0.39 is 0 Å². The van der Waals surface area contributed by atoms with Crippen LogP contribution in [-0.4, -0.2) is 13.2 Å². The number of rotatable bonds is 2. The van der Waals surface area contributed by atoms with E-state index in [1.165, 1.54) is 0 Å². The van der Waals surface area contributed by atoms with Crippen molar-refractivity contribution in [2.75, 3.05) is 13.2 Å². The largest absolute Gasteiger partial charge is 0.381 e. The second-order valence-electron chi connectivity index (χ2n) is 4.95. The lowest BCUT2D eigenvalue weighted by Gasteiger charge is -2.29. The molecule has 0 bridgehead atoms. The number of hydrogen-bond acceptors (Lipinski definition) is 2. The lowest BCUT2D eigenvalue weighted by molar-refractivity contribution is 0.0579. The Morgan fingerprint density at radius 3 is 2.53 bits per heavy atom. The van der Waals surface area contributed by atoms with E-state index in [1.54, 1.807) is 6.07 Å². The van der Waals surface area contributed by atoms with Crippen LogP contribution < -0.4 is 5.73 Å². The van der Waals surface area contributed by atoms with Crippen molar-refractivity contribution < 1.29 is 9.13 Å². The quantitative estimate of drug-likeness (QED) is 0.858. The van der Waals surface area contributed by atoms with E-state index in [9.17, 15) is 4.39 Å². The van der Waals surface area contributed by atoms with Gasteiger partial charge in [-0.25, -0.2) is 4.39 Å². The Morgan fingerprint density at radius 2 is 1.94 bits per heavy atom. The van der Waals surface area contributed by atoms with Gasteiger partial charge in [0.2, 0.25) is 0 Å². The molecule has 1 aliphatic heterocycles. The second kappa shape index (κ2) is 5.15. The predicted octanol–water partition coefficient (Wildman–Crippen LogP) is 2.87. The Morgan fingerprint density at radius 1 is 1.29 bits per heavy atom. The lowest BCUT2D eigenvalue weighted by atomic mass is 9.85. The van der Waals surface area contributed by atoms with E-state index in [2.05, 4.69) is 0 Å². The number of halogens is 1. The molecule has 2 nitrogen and oxygen atoms in total. The summed E-state index contributed by atoms with van der Waals surface area (Å²) in [6.07, 6.45) is 1.85. The van der Waals surface area contributed by atoms with E-state index >= 15 is 0 Å². The number of hydrogen-bond donors (Lipinski definition) is 1. The first-order valence-electron chi connectivity index (χ1n) is 6.19. The van der Waals surface area contributed by atoms with Crippen LogP contribution in [0.15, 0.2) is 12.1 Å². The van der Waals surface area contributed by atoms with Crippen molar-refractivity contribution in [2.24, 2.45) is 11.7 Å². The summed E-state index contributed by atoms with van der Waals surface area (Å²) in [6, 6.07) is 3.36. The molecule has 0 aromatic heterocycles. The topological polar surface area (TPSA) is 35.2 Å². The van der Waals surface area contributed by atoms with Crippen LogP contribution in [0.2, 0.25) is 0 Å². The molecule has 1 fully saturated rings. The highest BCUT2D eigenvalue weighted by molar-refractivity contribution is 5.34. The lowest BCUT2D eigenvalue weighted by Crippen LogP contribution is -2.28. The van der Waals surface area contributed by atoms with Crippen LogP contribution in [-0.2, 0) is 4.74 Å². The average Bonchev–Trinajstić information content (AvgIpc) is 2.28. The maximum atomic E-state index is 14.0. The SMILES string of the molecule is Cc1cc(C)c(C(N)C2CCOCC2)c(F)c1. The molecule has 0 saturated carbocycles. The summed E-state index contributed by atoms with van der Waals surface area (Å²) in [4.78, 5) is 0. The molecular weight excluding hydrogens is 217 g/mol. The normalized spacial score (nSPS) is 19.3. The molecule has 0 aliphatic carbocycles. The maximum Gasteiger partial charge on any atom is 0.128 e. The van der Waals surface area contributed by atoms with Gasteiger partial charge in [-0.1, -0.05) is 6.07 Å². The van der Waals surface area contributed by atoms with Crippen molar-refractivity contribution in [1.29, 1.82) is 0 Å². The molecular formula is C14H20FNO. The molecule has 3 heteroatoms. The first-order valence-corrected chi connectivity index (χ1v) is 6.19. The molecule has 1 saturated heterocycles. The third-order valence-electron chi connectivity index (χ3n) is 3.59. The summed E-state index contributed by atoms with van der Waals surface area (Å²) >= 11 is 0. The first-order chi connectivity index (χ1) is 8.09. The van der Waals surface area contributed by atoms with E-state index in [1.807, 2.05) is 19.9 Å². The van der Waals surface area contributed by atoms with Gasteiger partial charge in [0.25, 0.3) is 0 Å². The Bertz CT molecular complexity index is 376. The van der Waals surface area contributed by atoms with Gasteiger partial charge in [0.05, 0.1) is 0 Å². The molecule has 17 heavy (non-hydrogen) atoms. The highest BCUT2D eigenvalue weighted by Gasteiger charge is 2.25. The minimum atomic E-state index is -0.209. The van der Waals surface area contributed by atoms with Crippen LogP contribution in [0.1, 0.15) is 35.6 Å². The fourth-order valence-electron chi connectivity index (χ4n) is 2.66. The van der Waals surface area contributed by atoms with Crippen molar-refractivity contribution in [1.82, 2.24) is 0 Å². The van der Waals surface area contributed by atoms with E-state index in [0.29, 0.717) is 11.5 Å². The summed E-state index contributed by atoms with van der Waals surface area (Å²) in [5.74, 6) is 0.168. The average molecular weight is 237 g/mol. The Balaban J connectivity index is 2.26. The fraction of sp³-hybridized carbons (Fsp3) is 0.571. The molecule has 0 spiro atoms. The van der Waals surface area contributed by atoms with Crippen LogP contribution in [0, 0.1) is 25.6 Å². The van der Waals surface area contributed by atoms with E-state index in [0.717, 1.165) is 37.2 Å². The number of ether oxygens (including phenoxy) is 1. The zero-order valence-electron chi connectivity index (χ0n) is 10.5. The first kappa shape index (κ1) is 12.5. The van der Waals surface area contributed by atoms with Gasteiger partial charge in [-0.3, -0.25) is 0 Å². The van der Waals surface area contributed by atoms with Crippen LogP contribution >= 0.6 is 0 Å². The monoisotopic (exact) mass is 237 g/mol. The molecule has 94 valence electrons. The van der Waals surface area contributed by atoms with Gasteiger partial charge in [0, 0.05) is 24.8 Å². The van der Waals surface area contributed by atoms with E-state index in [4.69, 9.17) is 10.5 Å². The van der Waals surface area contributed by atoms with Gasteiger partial charge in [0.1, 0.15) is 5.82 Å². The van der Waals surface area contributed by atoms with Crippen molar-refractivity contribution in [3.05, 3.63) is 34.6 Å². The molecule has 0 radical (unpaired) electrons. The van der Waals surface area contributed by atoms with E-state index in [-0.39, 0.29) is 11.9 Å². The Labute approximate surface area is 102 Å². The number of aryl methyl sites for hydroxylation is 2. The Kier molecular flexibility index (Phi) is 3.79. The summed E-state index contributed by atoms with van der Waals surface area (Å²) < 4.78 is 19.3. The summed E-state index contributed by atoms with van der Waals surface area (Å²) in [7, 11) is 0. The van der Waals surface area contributed by atoms with Gasteiger partial charge in [-0.2, -0.15) is 0 Å². The van der Waals surface area contributed by atoms with Crippen LogP contribution in [0.5, 0.6) is 0 Å². The van der Waals surface area contributed by atoms with Crippen molar-refractivity contribution >= 4 is 0 Å². The van der Waals surface area contributed by atoms with Crippen molar-refractivity contribution in [3.63, 3.8) is 0 Å². The third-order valence-corrected chi connectivity index (χ3v) is 3.59. The molecule has 1 aromatic carbocycles. The molecule has 1 heterocycles.